The van der Waals surface area contributed by atoms with E-state index in [0.717, 1.165) is 5.56 Å². The van der Waals surface area contributed by atoms with E-state index >= 15 is 0 Å². The van der Waals surface area contributed by atoms with Crippen molar-refractivity contribution < 1.29 is 19.1 Å². The Kier molecular flexibility index (Phi) is 6.73. The minimum Gasteiger partial charge on any atom is -0.465 e. The second kappa shape index (κ2) is 9.44. The minimum absolute atomic E-state index is 0.101. The number of thioether (sulfide) groups is 1. The van der Waals surface area contributed by atoms with Crippen molar-refractivity contribution in [3.63, 3.8) is 0 Å². The van der Waals surface area contributed by atoms with E-state index in [4.69, 9.17) is 12.2 Å². The maximum Gasteiger partial charge on any atom is 0.337 e. The van der Waals surface area contributed by atoms with Gasteiger partial charge in [-0.3, -0.25) is 14.5 Å². The van der Waals surface area contributed by atoms with Crippen LogP contribution >= 0.6 is 24.0 Å². The van der Waals surface area contributed by atoms with Gasteiger partial charge in [0, 0.05) is 19.2 Å². The Morgan fingerprint density at radius 2 is 2.00 bits per heavy atom. The van der Waals surface area contributed by atoms with Gasteiger partial charge >= 0.3 is 5.97 Å². The fourth-order valence-corrected chi connectivity index (χ4v) is 3.84. The van der Waals surface area contributed by atoms with E-state index in [9.17, 15) is 14.4 Å². The Morgan fingerprint density at radius 1 is 1.24 bits per heavy atom. The van der Waals surface area contributed by atoms with Crippen LogP contribution in [0, 0.1) is 0 Å². The van der Waals surface area contributed by atoms with Gasteiger partial charge in [-0.25, -0.2) is 9.78 Å². The summed E-state index contributed by atoms with van der Waals surface area (Å²) in [6.45, 7) is 0.182. The molecule has 0 radical (unpaired) electrons. The number of nitrogens with zero attached hydrogens (tertiary/aromatic N) is 2. The highest BCUT2D eigenvalue weighted by molar-refractivity contribution is 8.26. The number of thiocarbonyl (C=S) groups is 1. The molecule has 1 N–H and O–H groups in total. The average molecular weight is 428 g/mol. The quantitative estimate of drug-likeness (QED) is 0.430. The summed E-state index contributed by atoms with van der Waals surface area (Å²) in [4.78, 5) is 42.1. The lowest BCUT2D eigenvalue weighted by Gasteiger charge is -2.13. The molecule has 1 aromatic heterocycles. The molecule has 2 amide bonds. The molecule has 0 unspecified atom stereocenters. The van der Waals surface area contributed by atoms with E-state index < -0.39 is 5.97 Å². The number of amides is 2. The largest absolute Gasteiger partial charge is 0.465 e. The lowest BCUT2D eigenvalue weighted by Crippen LogP contribution is -2.31. The van der Waals surface area contributed by atoms with Crippen LogP contribution in [-0.4, -0.2) is 45.6 Å². The molecule has 9 heteroatoms. The van der Waals surface area contributed by atoms with Gasteiger partial charge in [0.05, 0.1) is 17.6 Å². The molecular formula is C20H17N3O4S2. The third kappa shape index (κ3) is 5.27. The molecule has 0 atom stereocenters. The highest BCUT2D eigenvalue weighted by Gasteiger charge is 2.32. The van der Waals surface area contributed by atoms with E-state index in [1.165, 1.54) is 23.8 Å². The van der Waals surface area contributed by atoms with Crippen LogP contribution in [0.1, 0.15) is 22.3 Å². The Hall–Kier alpha value is -3.04. The fourth-order valence-electron chi connectivity index (χ4n) is 2.53. The molecule has 29 heavy (non-hydrogen) atoms. The third-order valence-electron chi connectivity index (χ3n) is 4.00. The van der Waals surface area contributed by atoms with Gasteiger partial charge in [0.1, 0.15) is 10.1 Å². The molecule has 148 valence electrons. The van der Waals surface area contributed by atoms with Crippen molar-refractivity contribution in [3.05, 3.63) is 64.7 Å². The van der Waals surface area contributed by atoms with E-state index in [1.807, 2.05) is 0 Å². The molecule has 1 saturated heterocycles. The van der Waals surface area contributed by atoms with Gasteiger partial charge in [-0.15, -0.1) is 0 Å². The molecular weight excluding hydrogens is 410 g/mol. The highest BCUT2D eigenvalue weighted by Crippen LogP contribution is 2.32. The van der Waals surface area contributed by atoms with Gasteiger partial charge in [-0.05, 0) is 35.9 Å². The molecule has 2 aromatic rings. The number of aromatic nitrogens is 1. The maximum atomic E-state index is 12.6. The van der Waals surface area contributed by atoms with Gasteiger partial charge < -0.3 is 10.1 Å². The molecule has 7 nitrogen and oxygen atoms in total. The monoisotopic (exact) mass is 427 g/mol. The van der Waals surface area contributed by atoms with Gasteiger partial charge in [-0.2, -0.15) is 0 Å². The zero-order chi connectivity index (χ0) is 20.8. The number of rotatable bonds is 6. The number of hydrogen-bond donors (Lipinski definition) is 1. The van der Waals surface area contributed by atoms with Crippen LogP contribution in [0.5, 0.6) is 0 Å². The van der Waals surface area contributed by atoms with Crippen molar-refractivity contribution >= 4 is 58.0 Å². The number of ether oxygens (including phenoxy) is 1. The van der Waals surface area contributed by atoms with Gasteiger partial charge in [0.2, 0.25) is 5.91 Å². The lowest BCUT2D eigenvalue weighted by atomic mass is 10.1. The number of esters is 1. The molecule has 0 aliphatic carbocycles. The number of methoxy groups -OCH3 is 1. The van der Waals surface area contributed by atoms with Crippen LogP contribution in [-0.2, 0) is 14.3 Å². The number of benzene rings is 1. The first kappa shape index (κ1) is 20.7. The zero-order valence-electron chi connectivity index (χ0n) is 15.5. The molecule has 1 aromatic carbocycles. The number of pyridine rings is 1. The maximum absolute atomic E-state index is 12.6. The lowest BCUT2D eigenvalue weighted by molar-refractivity contribution is -0.122. The van der Waals surface area contributed by atoms with E-state index in [1.54, 1.807) is 54.7 Å². The van der Waals surface area contributed by atoms with Crippen LogP contribution in [0.4, 0.5) is 5.82 Å². The van der Waals surface area contributed by atoms with Crippen LogP contribution in [0.2, 0.25) is 0 Å². The molecule has 2 heterocycles. The SMILES string of the molecule is COC(=O)c1ccc(/C=C2\SC(=S)N(CCC(=O)Nc3ccccn3)C2=O)cc1. The standard InChI is InChI=1S/C20H17N3O4S2/c1-27-19(26)14-7-5-13(6-8-14)12-15-18(25)23(20(28)29-15)11-9-17(24)22-16-4-2-3-10-21-16/h2-8,10,12H,9,11H2,1H3,(H,21,22,24)/b15-12-. The minimum atomic E-state index is -0.424. The van der Waals surface area contributed by atoms with Crippen molar-refractivity contribution in [3.8, 4) is 0 Å². The Labute approximate surface area is 177 Å². The Morgan fingerprint density at radius 3 is 2.66 bits per heavy atom. The van der Waals surface area contributed by atoms with Gasteiger partial charge in [-0.1, -0.05) is 42.2 Å². The average Bonchev–Trinajstić information content (AvgIpc) is 2.99. The van der Waals surface area contributed by atoms with Gasteiger partial charge in [0.15, 0.2) is 0 Å². The topological polar surface area (TPSA) is 88.6 Å². The van der Waals surface area contributed by atoms with Crippen LogP contribution in [0.3, 0.4) is 0 Å². The zero-order valence-corrected chi connectivity index (χ0v) is 17.1. The predicted molar refractivity (Wildman–Crippen MR) is 115 cm³/mol. The summed E-state index contributed by atoms with van der Waals surface area (Å²) in [6.07, 6.45) is 3.39. The third-order valence-corrected chi connectivity index (χ3v) is 5.38. The predicted octanol–water partition coefficient (Wildman–Crippen LogP) is 3.10. The number of hydrogen-bond acceptors (Lipinski definition) is 7. The van der Waals surface area contributed by atoms with Crippen molar-refractivity contribution in [2.45, 2.75) is 6.42 Å². The summed E-state index contributed by atoms with van der Waals surface area (Å²) in [5, 5.41) is 2.68. The summed E-state index contributed by atoms with van der Waals surface area (Å²) in [5.74, 6) is -0.465. The smallest absolute Gasteiger partial charge is 0.337 e. The molecule has 0 saturated carbocycles. The van der Waals surface area contributed by atoms with E-state index in [-0.39, 0.29) is 24.8 Å². The first-order valence-electron chi connectivity index (χ1n) is 8.62. The summed E-state index contributed by atoms with van der Waals surface area (Å²) in [7, 11) is 1.32. The first-order chi connectivity index (χ1) is 14.0. The number of nitrogens with one attached hydrogen (secondary N) is 1. The van der Waals surface area contributed by atoms with Gasteiger partial charge in [0.25, 0.3) is 5.91 Å². The molecule has 1 aliphatic heterocycles. The molecule has 3 rings (SSSR count). The second-order valence-corrected chi connectivity index (χ2v) is 7.64. The molecule has 0 bridgehead atoms. The fraction of sp³-hybridized carbons (Fsp3) is 0.150. The number of carbonyl (C=O) groups excluding carboxylic acids is 3. The van der Waals surface area contributed by atoms with E-state index in [0.29, 0.717) is 20.6 Å². The van der Waals surface area contributed by atoms with Crippen molar-refractivity contribution in [1.82, 2.24) is 9.88 Å². The highest BCUT2D eigenvalue weighted by atomic mass is 32.2. The summed E-state index contributed by atoms with van der Waals surface area (Å²) in [5.41, 5.74) is 1.18. The van der Waals surface area contributed by atoms with Crippen LogP contribution < -0.4 is 5.32 Å². The van der Waals surface area contributed by atoms with E-state index in [2.05, 4.69) is 15.0 Å². The summed E-state index contributed by atoms with van der Waals surface area (Å²) in [6, 6.07) is 11.9. The normalized spacial score (nSPS) is 14.9. The second-order valence-electron chi connectivity index (χ2n) is 5.96. The van der Waals surface area contributed by atoms with Crippen LogP contribution in [0.25, 0.3) is 6.08 Å². The molecule has 1 aliphatic rings. The Balaban J connectivity index is 1.61. The van der Waals surface area contributed by atoms with Crippen molar-refractivity contribution in [2.75, 3.05) is 19.0 Å². The summed E-state index contributed by atoms with van der Waals surface area (Å²) >= 11 is 6.47. The first-order valence-corrected chi connectivity index (χ1v) is 9.85. The number of carbonyl (C=O) groups is 3. The number of anilines is 1. The van der Waals surface area contributed by atoms with Crippen molar-refractivity contribution in [2.24, 2.45) is 0 Å². The Bertz CT molecular complexity index is 975. The molecule has 0 spiro atoms. The van der Waals surface area contributed by atoms with Crippen molar-refractivity contribution in [1.29, 1.82) is 0 Å². The molecule has 1 fully saturated rings. The van der Waals surface area contributed by atoms with Crippen LogP contribution in [0.15, 0.2) is 53.6 Å². The summed E-state index contributed by atoms with van der Waals surface area (Å²) < 4.78 is 5.07.